The molecule has 1 unspecified atom stereocenters. The number of piperidine rings is 1. The lowest BCUT2D eigenvalue weighted by Crippen LogP contribution is -2.47. The van der Waals surface area contributed by atoms with E-state index in [-0.39, 0.29) is 0 Å². The summed E-state index contributed by atoms with van der Waals surface area (Å²) in [7, 11) is 1.96. The topological polar surface area (TPSA) is 35.6 Å². The minimum atomic E-state index is 0.298. The summed E-state index contributed by atoms with van der Waals surface area (Å²) in [5, 5.41) is 3.58. The van der Waals surface area contributed by atoms with E-state index in [0.29, 0.717) is 24.5 Å². The van der Waals surface area contributed by atoms with Crippen LogP contribution in [0.1, 0.15) is 45.4 Å². The Morgan fingerprint density at radius 3 is 2.63 bits per heavy atom. The molecule has 0 aromatic heterocycles. The van der Waals surface area contributed by atoms with Crippen LogP contribution in [0.5, 0.6) is 0 Å². The van der Waals surface area contributed by atoms with Gasteiger partial charge in [0.05, 0.1) is 6.54 Å². The summed E-state index contributed by atoms with van der Waals surface area (Å²) < 4.78 is 0. The second kappa shape index (κ2) is 7.25. The van der Waals surface area contributed by atoms with Crippen LogP contribution in [0.2, 0.25) is 0 Å². The Morgan fingerprint density at radius 1 is 1.26 bits per heavy atom. The minimum absolute atomic E-state index is 0.298. The van der Waals surface area contributed by atoms with Crippen LogP contribution in [-0.2, 0) is 4.79 Å². The fourth-order valence-electron chi connectivity index (χ4n) is 2.91. The van der Waals surface area contributed by atoms with Gasteiger partial charge < -0.3 is 10.2 Å². The third-order valence-electron chi connectivity index (χ3n) is 4.28. The van der Waals surface area contributed by atoms with Crippen LogP contribution in [0.25, 0.3) is 0 Å². The highest BCUT2D eigenvalue weighted by molar-refractivity contribution is 5.78. The number of hydrogen-bond donors (Lipinski definition) is 1. The number of nitrogens with zero attached hydrogens (tertiary/aromatic N) is 2. The van der Waals surface area contributed by atoms with Gasteiger partial charge in [-0.15, -0.1) is 0 Å². The Labute approximate surface area is 117 Å². The van der Waals surface area contributed by atoms with Gasteiger partial charge in [-0.1, -0.05) is 13.3 Å². The first-order valence-corrected chi connectivity index (χ1v) is 7.92. The molecule has 19 heavy (non-hydrogen) atoms. The molecule has 1 amide bonds. The molecule has 2 fully saturated rings. The molecule has 2 rings (SSSR count). The summed E-state index contributed by atoms with van der Waals surface area (Å²) in [6, 6.07) is 1.11. The van der Waals surface area contributed by atoms with Crippen LogP contribution in [-0.4, -0.2) is 61.0 Å². The number of hydrogen-bond acceptors (Lipinski definition) is 3. The van der Waals surface area contributed by atoms with Crippen LogP contribution in [0.4, 0.5) is 0 Å². The number of nitrogens with one attached hydrogen (secondary N) is 1. The lowest BCUT2D eigenvalue weighted by molar-refractivity contribution is -0.131. The molecule has 0 radical (unpaired) electrons. The molecule has 110 valence electrons. The quantitative estimate of drug-likeness (QED) is 0.758. The van der Waals surface area contributed by atoms with Crippen LogP contribution >= 0.6 is 0 Å². The first-order chi connectivity index (χ1) is 9.20. The fourth-order valence-corrected chi connectivity index (χ4v) is 2.91. The molecule has 1 saturated heterocycles. The third-order valence-corrected chi connectivity index (χ3v) is 4.28. The maximum absolute atomic E-state index is 12.2. The van der Waals surface area contributed by atoms with E-state index in [9.17, 15) is 4.79 Å². The van der Waals surface area contributed by atoms with Crippen molar-refractivity contribution in [1.82, 2.24) is 15.1 Å². The molecule has 4 heteroatoms. The van der Waals surface area contributed by atoms with Crippen molar-refractivity contribution in [1.29, 1.82) is 0 Å². The summed E-state index contributed by atoms with van der Waals surface area (Å²) in [5.41, 5.74) is 0. The van der Waals surface area contributed by atoms with Gasteiger partial charge in [0, 0.05) is 25.7 Å². The molecule has 1 atom stereocenters. The molecule has 0 bridgehead atoms. The largest absolute Gasteiger partial charge is 0.342 e. The molecule has 1 saturated carbocycles. The zero-order chi connectivity index (χ0) is 13.7. The van der Waals surface area contributed by atoms with Gasteiger partial charge in [-0.25, -0.2) is 0 Å². The Hall–Kier alpha value is -0.610. The molecule has 4 nitrogen and oxygen atoms in total. The van der Waals surface area contributed by atoms with Gasteiger partial charge in [0.25, 0.3) is 0 Å². The van der Waals surface area contributed by atoms with E-state index in [1.54, 1.807) is 0 Å². The van der Waals surface area contributed by atoms with Crippen molar-refractivity contribution in [2.24, 2.45) is 0 Å². The normalized spacial score (nSPS) is 23.6. The highest BCUT2D eigenvalue weighted by Crippen LogP contribution is 2.25. The van der Waals surface area contributed by atoms with Gasteiger partial charge in [-0.2, -0.15) is 0 Å². The smallest absolute Gasteiger partial charge is 0.236 e. The van der Waals surface area contributed by atoms with Gasteiger partial charge >= 0.3 is 0 Å². The van der Waals surface area contributed by atoms with Gasteiger partial charge in [-0.3, -0.25) is 9.69 Å². The number of carbonyl (C=O) groups excluding carboxylic acids is 1. The summed E-state index contributed by atoms with van der Waals surface area (Å²) in [5.74, 6) is 0.298. The van der Waals surface area contributed by atoms with E-state index in [4.69, 9.17) is 0 Å². The molecule has 2 aliphatic rings. The van der Waals surface area contributed by atoms with Crippen molar-refractivity contribution < 1.29 is 4.79 Å². The highest BCUT2D eigenvalue weighted by atomic mass is 16.2. The molecule has 0 aromatic rings. The molecule has 0 spiro atoms. The van der Waals surface area contributed by atoms with E-state index in [2.05, 4.69) is 17.1 Å². The maximum atomic E-state index is 12.2. The van der Waals surface area contributed by atoms with Crippen LogP contribution in [0, 0.1) is 0 Å². The van der Waals surface area contributed by atoms with Gasteiger partial charge in [0.15, 0.2) is 0 Å². The predicted octanol–water partition coefficient (Wildman–Crippen LogP) is 1.46. The zero-order valence-corrected chi connectivity index (χ0v) is 12.5. The van der Waals surface area contributed by atoms with Gasteiger partial charge in [0.1, 0.15) is 0 Å². The van der Waals surface area contributed by atoms with E-state index >= 15 is 0 Å². The Morgan fingerprint density at radius 2 is 2.05 bits per heavy atom. The van der Waals surface area contributed by atoms with Crippen LogP contribution < -0.4 is 5.32 Å². The average molecular weight is 267 g/mol. The first-order valence-electron chi connectivity index (χ1n) is 7.92. The van der Waals surface area contributed by atoms with Gasteiger partial charge in [-0.05, 0) is 45.2 Å². The summed E-state index contributed by atoms with van der Waals surface area (Å²) in [6.45, 7) is 5.98. The van der Waals surface area contributed by atoms with E-state index in [1.807, 2.05) is 11.9 Å². The molecule has 1 aliphatic carbocycles. The molecule has 1 N–H and O–H groups in total. The van der Waals surface area contributed by atoms with Crippen molar-refractivity contribution in [2.75, 3.05) is 33.2 Å². The van der Waals surface area contributed by atoms with E-state index < -0.39 is 0 Å². The summed E-state index contributed by atoms with van der Waals surface area (Å²) in [4.78, 5) is 16.5. The van der Waals surface area contributed by atoms with Crippen molar-refractivity contribution in [3.05, 3.63) is 0 Å². The molecule has 1 heterocycles. The van der Waals surface area contributed by atoms with Crippen LogP contribution in [0.15, 0.2) is 0 Å². The lowest BCUT2D eigenvalue weighted by Gasteiger charge is -2.31. The van der Waals surface area contributed by atoms with Crippen LogP contribution in [0.3, 0.4) is 0 Å². The van der Waals surface area contributed by atoms with Gasteiger partial charge in [0.2, 0.25) is 5.91 Å². The Bertz CT molecular complexity index is 285. The zero-order valence-electron chi connectivity index (χ0n) is 12.5. The van der Waals surface area contributed by atoms with Crippen molar-refractivity contribution in [3.63, 3.8) is 0 Å². The monoisotopic (exact) mass is 267 g/mol. The number of carbonyl (C=O) groups is 1. The summed E-state index contributed by atoms with van der Waals surface area (Å²) >= 11 is 0. The average Bonchev–Trinajstić information content (AvgIpc) is 3.23. The fraction of sp³-hybridized carbons (Fsp3) is 0.933. The predicted molar refractivity (Wildman–Crippen MR) is 78.2 cm³/mol. The summed E-state index contributed by atoms with van der Waals surface area (Å²) in [6.07, 6.45) is 7.39. The number of rotatable bonds is 7. The van der Waals surface area contributed by atoms with E-state index in [1.165, 1.54) is 32.1 Å². The second-order valence-corrected chi connectivity index (χ2v) is 6.12. The maximum Gasteiger partial charge on any atom is 0.236 e. The first kappa shape index (κ1) is 14.8. The Balaban J connectivity index is 1.78. The Kier molecular flexibility index (Phi) is 5.64. The molecular weight excluding hydrogens is 238 g/mol. The van der Waals surface area contributed by atoms with Crippen molar-refractivity contribution in [2.45, 2.75) is 57.5 Å². The lowest BCUT2D eigenvalue weighted by atomic mass is 10.0. The van der Waals surface area contributed by atoms with Crippen molar-refractivity contribution >= 4 is 5.91 Å². The highest BCUT2D eigenvalue weighted by Gasteiger charge is 2.30. The number of amides is 1. The molecule has 1 aliphatic heterocycles. The second-order valence-electron chi connectivity index (χ2n) is 6.12. The standard InChI is InChI=1S/C15H29N3O/c1-3-10-18(11-13-6-4-5-9-16-13)12-15(19)17(2)14-7-8-14/h13-14,16H,3-12H2,1-2H3. The number of likely N-dealkylation sites (N-methyl/N-ethyl adjacent to an activating group) is 1. The minimum Gasteiger partial charge on any atom is -0.342 e. The third kappa shape index (κ3) is 4.77. The van der Waals surface area contributed by atoms with Crippen molar-refractivity contribution in [3.8, 4) is 0 Å². The molecular formula is C15H29N3O. The molecule has 0 aromatic carbocycles. The SMILES string of the molecule is CCCN(CC(=O)N(C)C1CC1)CC1CCCCN1. The van der Waals surface area contributed by atoms with E-state index in [0.717, 1.165) is 26.1 Å².